The summed E-state index contributed by atoms with van der Waals surface area (Å²) >= 11 is 0. The Hall–Kier alpha value is -2.74. The van der Waals surface area contributed by atoms with E-state index in [-0.39, 0.29) is 5.41 Å². The van der Waals surface area contributed by atoms with E-state index in [2.05, 4.69) is 99.3 Å². The van der Waals surface area contributed by atoms with Crippen LogP contribution in [0.15, 0.2) is 60.8 Å². The lowest BCUT2D eigenvalue weighted by molar-refractivity contribution is 0.412. The van der Waals surface area contributed by atoms with Crippen LogP contribution in [0, 0.1) is 5.41 Å². The minimum absolute atomic E-state index is 0.267. The normalized spacial score (nSPS) is 12.0. The van der Waals surface area contributed by atoms with E-state index in [0.29, 0.717) is 0 Å². The molecule has 0 aliphatic heterocycles. The zero-order valence-corrected chi connectivity index (χ0v) is 16.9. The van der Waals surface area contributed by atoms with Crippen LogP contribution in [0.3, 0.4) is 0 Å². The number of fused-ring (bicyclic) bond motifs is 2. The Balaban J connectivity index is 1.94. The Morgan fingerprint density at radius 1 is 0.889 bits per heavy atom. The maximum absolute atomic E-state index is 3.33. The van der Waals surface area contributed by atoms with Crippen molar-refractivity contribution in [1.82, 2.24) is 4.98 Å². The lowest BCUT2D eigenvalue weighted by atomic mass is 9.85. The third-order valence-electron chi connectivity index (χ3n) is 5.16. The number of benzene rings is 3. The van der Waals surface area contributed by atoms with Crippen LogP contribution in [0.1, 0.15) is 26.3 Å². The Labute approximate surface area is 161 Å². The van der Waals surface area contributed by atoms with Crippen molar-refractivity contribution in [3.05, 3.63) is 66.4 Å². The van der Waals surface area contributed by atoms with E-state index in [4.69, 9.17) is 0 Å². The van der Waals surface area contributed by atoms with Crippen LogP contribution in [0.2, 0.25) is 0 Å². The zero-order chi connectivity index (χ0) is 19.2. The third kappa shape index (κ3) is 3.32. The minimum Gasteiger partial charge on any atom is -0.377 e. The van der Waals surface area contributed by atoms with Crippen molar-refractivity contribution in [3.8, 4) is 11.1 Å². The van der Waals surface area contributed by atoms with Gasteiger partial charge >= 0.3 is 0 Å². The second kappa shape index (κ2) is 6.45. The molecule has 0 atom stereocenters. The predicted molar refractivity (Wildman–Crippen MR) is 119 cm³/mol. The quantitative estimate of drug-likeness (QED) is 0.436. The molecule has 1 heterocycles. The summed E-state index contributed by atoms with van der Waals surface area (Å²) in [7, 11) is 4.24. The van der Waals surface area contributed by atoms with Crippen LogP contribution < -0.4 is 4.90 Å². The fourth-order valence-electron chi connectivity index (χ4n) is 4.06. The monoisotopic (exact) mass is 356 g/mol. The summed E-state index contributed by atoms with van der Waals surface area (Å²) in [5, 5.41) is 3.94. The average Bonchev–Trinajstić information content (AvgIpc) is 3.08. The second-order valence-electron chi connectivity index (χ2n) is 8.89. The summed E-state index contributed by atoms with van der Waals surface area (Å²) in [4.78, 5) is 5.55. The standard InChI is InChI=1S/C25H28N2/c1-25(2,3)16-19-8-6-7-17-9-10-18(15-22(17)19)20-11-12-23-21(13-14-26-23)24(20)27(4)5/h6-15,26H,16H2,1-5H3. The van der Waals surface area contributed by atoms with Crippen molar-refractivity contribution in [2.24, 2.45) is 5.41 Å². The molecule has 0 bridgehead atoms. The molecular formula is C25H28N2. The molecule has 0 amide bonds. The van der Waals surface area contributed by atoms with Gasteiger partial charge in [-0.1, -0.05) is 57.2 Å². The molecule has 0 radical (unpaired) electrons. The number of aromatic amines is 1. The lowest BCUT2D eigenvalue weighted by Gasteiger charge is -2.21. The van der Waals surface area contributed by atoms with Crippen molar-refractivity contribution in [2.75, 3.05) is 19.0 Å². The molecule has 4 rings (SSSR count). The van der Waals surface area contributed by atoms with Gasteiger partial charge in [0.05, 0.1) is 5.69 Å². The molecule has 0 spiro atoms. The highest BCUT2D eigenvalue weighted by atomic mass is 15.1. The third-order valence-corrected chi connectivity index (χ3v) is 5.16. The fourth-order valence-corrected chi connectivity index (χ4v) is 4.06. The summed E-state index contributed by atoms with van der Waals surface area (Å²) in [5.74, 6) is 0. The van der Waals surface area contributed by atoms with Gasteiger partial charge in [0.2, 0.25) is 0 Å². The number of anilines is 1. The molecule has 0 fully saturated rings. The van der Waals surface area contributed by atoms with Gasteiger partial charge in [0.25, 0.3) is 0 Å². The Kier molecular flexibility index (Phi) is 4.22. The van der Waals surface area contributed by atoms with Gasteiger partial charge in [-0.05, 0) is 51.9 Å². The molecular weight excluding hydrogens is 328 g/mol. The minimum atomic E-state index is 0.267. The van der Waals surface area contributed by atoms with E-state index in [1.54, 1.807) is 0 Å². The average molecular weight is 357 g/mol. The Bertz CT molecular complexity index is 1110. The highest BCUT2D eigenvalue weighted by molar-refractivity contribution is 6.02. The summed E-state index contributed by atoms with van der Waals surface area (Å²) in [6.07, 6.45) is 3.09. The van der Waals surface area contributed by atoms with E-state index < -0.39 is 0 Å². The number of nitrogens with zero attached hydrogens (tertiary/aromatic N) is 1. The summed E-state index contributed by atoms with van der Waals surface area (Å²) in [6.45, 7) is 6.92. The van der Waals surface area contributed by atoms with Crippen molar-refractivity contribution in [2.45, 2.75) is 27.2 Å². The number of H-pyrrole nitrogens is 1. The molecule has 138 valence electrons. The van der Waals surface area contributed by atoms with Crippen LogP contribution in [0.25, 0.3) is 32.8 Å². The predicted octanol–water partition coefficient (Wildman–Crippen LogP) is 6.64. The molecule has 2 heteroatoms. The zero-order valence-electron chi connectivity index (χ0n) is 16.9. The van der Waals surface area contributed by atoms with E-state index in [9.17, 15) is 0 Å². The highest BCUT2D eigenvalue weighted by Crippen LogP contribution is 2.38. The van der Waals surface area contributed by atoms with Crippen molar-refractivity contribution in [1.29, 1.82) is 0 Å². The maximum atomic E-state index is 3.33. The van der Waals surface area contributed by atoms with E-state index >= 15 is 0 Å². The first-order valence-electron chi connectivity index (χ1n) is 9.63. The molecule has 2 nitrogen and oxygen atoms in total. The number of aromatic nitrogens is 1. The Morgan fingerprint density at radius 3 is 2.44 bits per heavy atom. The number of rotatable bonds is 3. The molecule has 0 saturated heterocycles. The fraction of sp³-hybridized carbons (Fsp3) is 0.280. The van der Waals surface area contributed by atoms with Gasteiger partial charge in [-0.25, -0.2) is 0 Å². The molecule has 0 saturated carbocycles. The van der Waals surface area contributed by atoms with Gasteiger partial charge in [-0.2, -0.15) is 0 Å². The molecule has 1 aromatic heterocycles. The van der Waals surface area contributed by atoms with Crippen molar-refractivity contribution < 1.29 is 0 Å². The van der Waals surface area contributed by atoms with Gasteiger partial charge in [0, 0.05) is 36.8 Å². The molecule has 27 heavy (non-hydrogen) atoms. The van der Waals surface area contributed by atoms with E-state index in [1.165, 1.54) is 44.1 Å². The second-order valence-corrected chi connectivity index (χ2v) is 8.89. The molecule has 0 aliphatic rings. The summed E-state index contributed by atoms with van der Waals surface area (Å²) in [6, 6.07) is 20.1. The first kappa shape index (κ1) is 17.7. The van der Waals surface area contributed by atoms with Crippen LogP contribution >= 0.6 is 0 Å². The highest BCUT2D eigenvalue weighted by Gasteiger charge is 2.16. The number of hydrogen-bond acceptors (Lipinski definition) is 1. The van der Waals surface area contributed by atoms with Crippen molar-refractivity contribution in [3.63, 3.8) is 0 Å². The van der Waals surface area contributed by atoms with E-state index in [0.717, 1.165) is 6.42 Å². The van der Waals surface area contributed by atoms with E-state index in [1.807, 2.05) is 6.20 Å². The smallest absolute Gasteiger partial charge is 0.0535 e. The molecule has 0 aliphatic carbocycles. The molecule has 3 aromatic carbocycles. The maximum Gasteiger partial charge on any atom is 0.0535 e. The van der Waals surface area contributed by atoms with Gasteiger partial charge in [0.15, 0.2) is 0 Å². The SMILES string of the molecule is CN(C)c1c(-c2ccc3cccc(CC(C)(C)C)c3c2)ccc2[nH]ccc12. The first-order valence-corrected chi connectivity index (χ1v) is 9.63. The van der Waals surface area contributed by atoms with Gasteiger partial charge < -0.3 is 9.88 Å². The number of hydrogen-bond donors (Lipinski definition) is 1. The molecule has 0 unspecified atom stereocenters. The van der Waals surface area contributed by atoms with Gasteiger partial charge in [-0.15, -0.1) is 0 Å². The van der Waals surface area contributed by atoms with Crippen LogP contribution in [0.4, 0.5) is 5.69 Å². The molecule has 1 N–H and O–H groups in total. The van der Waals surface area contributed by atoms with Crippen LogP contribution in [-0.2, 0) is 6.42 Å². The first-order chi connectivity index (χ1) is 12.8. The lowest BCUT2D eigenvalue weighted by Crippen LogP contribution is -2.10. The van der Waals surface area contributed by atoms with Crippen LogP contribution in [0.5, 0.6) is 0 Å². The van der Waals surface area contributed by atoms with Gasteiger partial charge in [0.1, 0.15) is 0 Å². The summed E-state index contributed by atoms with van der Waals surface area (Å²) in [5.41, 5.74) is 6.69. The summed E-state index contributed by atoms with van der Waals surface area (Å²) < 4.78 is 0. The number of nitrogens with one attached hydrogen (secondary N) is 1. The molecule has 4 aromatic rings. The van der Waals surface area contributed by atoms with Crippen molar-refractivity contribution >= 4 is 27.4 Å². The largest absolute Gasteiger partial charge is 0.377 e. The van der Waals surface area contributed by atoms with Crippen LogP contribution in [-0.4, -0.2) is 19.1 Å². The van der Waals surface area contributed by atoms with Gasteiger partial charge in [-0.3, -0.25) is 0 Å². The topological polar surface area (TPSA) is 19.0 Å². The Morgan fingerprint density at radius 2 is 1.70 bits per heavy atom.